The smallest absolute Gasteiger partial charge is 0.250 e. The molecule has 1 amide bonds. The number of pyridine rings is 2. The summed E-state index contributed by atoms with van der Waals surface area (Å²) in [5.74, 6) is -0.603. The predicted molar refractivity (Wildman–Crippen MR) is 110 cm³/mol. The van der Waals surface area contributed by atoms with E-state index >= 15 is 0 Å². The maximum absolute atomic E-state index is 12.8. The third kappa shape index (κ3) is 3.67. The van der Waals surface area contributed by atoms with E-state index in [0.717, 1.165) is 16.3 Å². The van der Waals surface area contributed by atoms with E-state index in [4.69, 9.17) is 0 Å². The Hall–Kier alpha value is -3.77. The number of fused-ring (bicyclic) bond motifs is 1. The van der Waals surface area contributed by atoms with Crippen LogP contribution in [0.5, 0.6) is 0 Å². The number of hydrogen-bond donors (Lipinski definition) is 1. The molecule has 1 N–H and O–H groups in total. The first-order valence-corrected chi connectivity index (χ1v) is 8.80. The lowest BCUT2D eigenvalue weighted by molar-refractivity contribution is 0.0998. The summed E-state index contributed by atoms with van der Waals surface area (Å²) in [5, 5.41) is 18.0. The minimum atomic E-state index is -0.666. The Morgan fingerprint density at radius 3 is 2.50 bits per heavy atom. The largest absolute Gasteiger partial charge is 0.750 e. The quantitative estimate of drug-likeness (QED) is 0.528. The topological polar surface area (TPSA) is 81.2 Å². The summed E-state index contributed by atoms with van der Waals surface area (Å²) < 4.78 is 0. The van der Waals surface area contributed by atoms with Gasteiger partial charge in [0.1, 0.15) is 5.82 Å². The van der Waals surface area contributed by atoms with Crippen molar-refractivity contribution in [2.45, 2.75) is 6.54 Å². The summed E-state index contributed by atoms with van der Waals surface area (Å²) in [6, 6.07) is 19.9. The lowest BCUT2D eigenvalue weighted by atomic mass is 10.1. The van der Waals surface area contributed by atoms with Crippen molar-refractivity contribution in [3.8, 4) is 0 Å². The molecule has 0 radical (unpaired) electrons. The van der Waals surface area contributed by atoms with Gasteiger partial charge in [0.05, 0.1) is 5.56 Å². The average molecular weight is 369 g/mol. The molecular weight excluding hydrogens is 352 g/mol. The van der Waals surface area contributed by atoms with Gasteiger partial charge in [-0.05, 0) is 41.3 Å². The van der Waals surface area contributed by atoms with E-state index in [-0.39, 0.29) is 5.82 Å². The zero-order valence-electron chi connectivity index (χ0n) is 14.9. The number of carbonyl (C=O) groups excluding carboxylic acids is 1. The third-order valence-electron chi connectivity index (χ3n) is 4.40. The highest BCUT2D eigenvalue weighted by Crippen LogP contribution is 2.23. The van der Waals surface area contributed by atoms with Crippen molar-refractivity contribution in [1.82, 2.24) is 9.97 Å². The summed E-state index contributed by atoms with van der Waals surface area (Å²) in [6.45, 7) is 0.514. The Bertz CT molecular complexity index is 1120. The van der Waals surface area contributed by atoms with Gasteiger partial charge in [0.25, 0.3) is 5.91 Å². The molecule has 28 heavy (non-hydrogen) atoms. The van der Waals surface area contributed by atoms with Gasteiger partial charge in [-0.25, -0.2) is 4.98 Å². The molecule has 0 bridgehead atoms. The zero-order valence-corrected chi connectivity index (χ0v) is 14.9. The minimum Gasteiger partial charge on any atom is -0.750 e. The summed E-state index contributed by atoms with van der Waals surface area (Å²) >= 11 is 0. The molecule has 0 aliphatic rings. The Morgan fingerprint density at radius 1 is 0.964 bits per heavy atom. The fourth-order valence-corrected chi connectivity index (χ4v) is 2.92. The van der Waals surface area contributed by atoms with E-state index in [9.17, 15) is 10.0 Å². The Balaban J connectivity index is 1.58. The van der Waals surface area contributed by atoms with Crippen molar-refractivity contribution in [3.63, 3.8) is 0 Å². The highest BCUT2D eigenvalue weighted by molar-refractivity contribution is 6.10. The van der Waals surface area contributed by atoms with Crippen molar-refractivity contribution < 1.29 is 4.79 Å². The third-order valence-corrected chi connectivity index (χ3v) is 4.40. The van der Waals surface area contributed by atoms with Crippen LogP contribution in [-0.4, -0.2) is 15.9 Å². The highest BCUT2D eigenvalue weighted by atomic mass is 16.5. The Kier molecular flexibility index (Phi) is 4.95. The van der Waals surface area contributed by atoms with E-state index in [1.807, 2.05) is 42.5 Å². The highest BCUT2D eigenvalue weighted by Gasteiger charge is 2.15. The maximum Gasteiger partial charge on any atom is 0.250 e. The summed E-state index contributed by atoms with van der Waals surface area (Å²) in [4.78, 5) is 21.0. The molecule has 0 saturated heterocycles. The molecule has 0 unspecified atom stereocenters. The van der Waals surface area contributed by atoms with Gasteiger partial charge in [0.2, 0.25) is 0 Å². The molecular formula is C22H17N4O2-. The van der Waals surface area contributed by atoms with Gasteiger partial charge >= 0.3 is 0 Å². The van der Waals surface area contributed by atoms with E-state index in [1.165, 1.54) is 0 Å². The number of nitrogens with zero attached hydrogens (tertiary/aromatic N) is 3. The van der Waals surface area contributed by atoms with Gasteiger partial charge in [-0.3, -0.25) is 9.78 Å². The Labute approximate surface area is 162 Å². The lowest BCUT2D eigenvalue weighted by Gasteiger charge is -2.28. The number of para-hydroxylation sites is 1. The maximum atomic E-state index is 12.8. The van der Waals surface area contributed by atoms with Crippen molar-refractivity contribution in [2.75, 3.05) is 10.4 Å². The average Bonchev–Trinajstić information content (AvgIpc) is 2.77. The first kappa shape index (κ1) is 17.6. The van der Waals surface area contributed by atoms with Crippen LogP contribution in [0.4, 0.5) is 11.5 Å². The van der Waals surface area contributed by atoms with Crippen LogP contribution in [0, 0.1) is 5.21 Å². The number of aromatic nitrogens is 2. The fourth-order valence-electron chi connectivity index (χ4n) is 2.92. The first-order chi connectivity index (χ1) is 13.7. The van der Waals surface area contributed by atoms with Gasteiger partial charge in [0, 0.05) is 36.2 Å². The van der Waals surface area contributed by atoms with Crippen LogP contribution in [0.15, 0.2) is 85.3 Å². The van der Waals surface area contributed by atoms with Gasteiger partial charge in [-0.1, -0.05) is 36.4 Å². The molecule has 2 aromatic carbocycles. The van der Waals surface area contributed by atoms with Crippen molar-refractivity contribution in [2.24, 2.45) is 0 Å². The van der Waals surface area contributed by atoms with Crippen LogP contribution in [0.25, 0.3) is 10.8 Å². The second-order valence-electron chi connectivity index (χ2n) is 6.24. The molecule has 4 rings (SSSR count). The van der Waals surface area contributed by atoms with Crippen LogP contribution in [0.2, 0.25) is 0 Å². The molecule has 0 aliphatic heterocycles. The van der Waals surface area contributed by atoms with Crippen molar-refractivity contribution >= 4 is 28.2 Å². The number of nitrogens with one attached hydrogen (secondary N) is 1. The SMILES string of the molecule is O=C(c1ccccc1NCc1ccncc1)N([O-])c1cc2ccccc2cn1. The molecule has 4 aromatic rings. The number of hydroxylamine groups is 1. The van der Waals surface area contributed by atoms with Crippen LogP contribution in [0.3, 0.4) is 0 Å². The van der Waals surface area contributed by atoms with E-state index < -0.39 is 5.91 Å². The minimum absolute atomic E-state index is 0.0626. The molecule has 0 aliphatic carbocycles. The van der Waals surface area contributed by atoms with Gasteiger partial charge in [-0.2, -0.15) is 0 Å². The number of benzene rings is 2. The Morgan fingerprint density at radius 2 is 1.68 bits per heavy atom. The first-order valence-electron chi connectivity index (χ1n) is 8.80. The molecule has 2 heterocycles. The summed E-state index contributed by atoms with van der Waals surface area (Å²) in [7, 11) is 0. The lowest BCUT2D eigenvalue weighted by Crippen LogP contribution is -2.26. The molecule has 0 saturated carbocycles. The van der Waals surface area contributed by atoms with Crippen LogP contribution >= 0.6 is 0 Å². The standard InChI is InChI=1S/C22H17N4O2/c27-22(26(28)21-13-17-5-1-2-6-18(17)15-25-21)19-7-3-4-8-20(19)24-14-16-9-11-23-12-10-16/h1-13,15,24H,14H2/q-1. The van der Waals surface area contributed by atoms with Gasteiger partial charge in [0.15, 0.2) is 0 Å². The van der Waals surface area contributed by atoms with Gasteiger partial charge in [-0.15, -0.1) is 0 Å². The van der Waals surface area contributed by atoms with E-state index in [0.29, 0.717) is 22.9 Å². The molecule has 0 spiro atoms. The van der Waals surface area contributed by atoms with E-state index in [1.54, 1.807) is 42.9 Å². The molecule has 6 heteroatoms. The second-order valence-corrected chi connectivity index (χ2v) is 6.24. The predicted octanol–water partition coefficient (Wildman–Crippen LogP) is 4.39. The number of carbonyl (C=O) groups is 1. The molecule has 138 valence electrons. The van der Waals surface area contributed by atoms with Crippen molar-refractivity contribution in [3.05, 3.63) is 102 Å². The van der Waals surface area contributed by atoms with Crippen molar-refractivity contribution in [1.29, 1.82) is 0 Å². The molecule has 2 aromatic heterocycles. The number of amides is 1. The van der Waals surface area contributed by atoms with Crippen LogP contribution < -0.4 is 10.4 Å². The fraction of sp³-hybridized carbons (Fsp3) is 0.0455. The monoisotopic (exact) mass is 369 g/mol. The normalized spacial score (nSPS) is 10.6. The molecule has 6 nitrogen and oxygen atoms in total. The van der Waals surface area contributed by atoms with Gasteiger partial charge < -0.3 is 15.6 Å². The number of rotatable bonds is 5. The molecule has 0 fully saturated rings. The number of hydrogen-bond acceptors (Lipinski definition) is 5. The summed E-state index contributed by atoms with van der Waals surface area (Å²) in [5.41, 5.74) is 1.90. The van der Waals surface area contributed by atoms with Crippen LogP contribution in [-0.2, 0) is 6.54 Å². The number of anilines is 2. The van der Waals surface area contributed by atoms with E-state index in [2.05, 4.69) is 15.3 Å². The second kappa shape index (κ2) is 7.85. The zero-order chi connectivity index (χ0) is 19.3. The molecule has 0 atom stereocenters. The summed E-state index contributed by atoms with van der Waals surface area (Å²) in [6.07, 6.45) is 5.01. The van der Waals surface area contributed by atoms with Crippen LogP contribution in [0.1, 0.15) is 15.9 Å².